The second-order valence-corrected chi connectivity index (χ2v) is 9.73. The molecule has 166 valence electrons. The van der Waals surface area contributed by atoms with Gasteiger partial charge in [0.1, 0.15) is 23.9 Å². The zero-order valence-corrected chi connectivity index (χ0v) is 16.6. The van der Waals surface area contributed by atoms with E-state index in [-0.39, 0.29) is 13.0 Å². The normalized spacial score (nSPS) is 59.2. The van der Waals surface area contributed by atoms with Crippen molar-refractivity contribution in [2.75, 3.05) is 13.2 Å². The maximum atomic E-state index is 12.6. The first kappa shape index (κ1) is 20.5. The maximum absolute atomic E-state index is 12.6. The summed E-state index contributed by atoms with van der Waals surface area (Å²) in [6, 6.07) is 0. The molecule has 2 aliphatic heterocycles. The number of allylic oxidation sites excluding steroid dienone is 1. The Labute approximate surface area is 171 Å². The van der Waals surface area contributed by atoms with Gasteiger partial charge in [0.25, 0.3) is 0 Å². The van der Waals surface area contributed by atoms with Crippen molar-refractivity contribution in [3.05, 3.63) is 11.6 Å². The number of rotatable bonds is 1. The first-order chi connectivity index (χ1) is 13.9. The van der Waals surface area contributed by atoms with Gasteiger partial charge in [-0.25, -0.2) is 4.79 Å². The topological polar surface area (TPSA) is 174 Å². The van der Waals surface area contributed by atoms with Crippen LogP contribution in [0.3, 0.4) is 0 Å². The molecule has 2 saturated carbocycles. The van der Waals surface area contributed by atoms with E-state index in [2.05, 4.69) is 0 Å². The third kappa shape index (κ3) is 1.72. The van der Waals surface area contributed by atoms with Crippen LogP contribution in [-0.2, 0) is 19.1 Å². The van der Waals surface area contributed by atoms with Gasteiger partial charge in [-0.3, -0.25) is 4.79 Å². The lowest BCUT2D eigenvalue weighted by atomic mass is 9.36. The van der Waals surface area contributed by atoms with Crippen LogP contribution in [0.4, 0.5) is 0 Å². The van der Waals surface area contributed by atoms with Gasteiger partial charge >= 0.3 is 5.97 Å². The fourth-order valence-electron chi connectivity index (χ4n) is 7.64. The zero-order chi connectivity index (χ0) is 22.0. The predicted octanol–water partition coefficient (Wildman–Crippen LogP) is -2.98. The summed E-state index contributed by atoms with van der Waals surface area (Å²) in [5, 5.41) is 66.0. The van der Waals surface area contributed by atoms with E-state index in [0.29, 0.717) is 5.57 Å². The summed E-state index contributed by atoms with van der Waals surface area (Å²) in [6.07, 6.45) is -6.90. The number of aliphatic hydroxyl groups excluding tert-OH is 5. The Morgan fingerprint density at radius 3 is 2.47 bits per heavy atom. The summed E-state index contributed by atoms with van der Waals surface area (Å²) in [6.45, 7) is 1.96. The van der Waals surface area contributed by atoms with Crippen LogP contribution in [-0.4, -0.2) is 97.3 Å². The molecule has 0 aromatic heterocycles. The summed E-state index contributed by atoms with van der Waals surface area (Å²) in [5.74, 6) is -3.40. The fraction of sp³-hybridized carbons (Fsp3) is 0.800. The van der Waals surface area contributed by atoms with E-state index >= 15 is 0 Å². The lowest BCUT2D eigenvalue weighted by Gasteiger charge is -2.70. The third-order valence-corrected chi connectivity index (χ3v) is 8.96. The molecular formula is C20H26O10. The van der Waals surface area contributed by atoms with E-state index < -0.39 is 82.7 Å². The molecule has 0 amide bonds. The molecule has 10 nitrogen and oxygen atoms in total. The predicted molar refractivity (Wildman–Crippen MR) is 95.5 cm³/mol. The summed E-state index contributed by atoms with van der Waals surface area (Å²) in [5.41, 5.74) is -7.15. The number of ether oxygens (including phenoxy) is 2. The average Bonchev–Trinajstić information content (AvgIpc) is 2.91. The molecular weight excluding hydrogens is 400 g/mol. The van der Waals surface area contributed by atoms with Crippen LogP contribution in [0.15, 0.2) is 11.6 Å². The quantitative estimate of drug-likeness (QED) is 0.237. The number of carbonyl (C=O) groups is 2. The number of ketones is 1. The number of fused-ring (bicyclic) bond motifs is 2. The van der Waals surface area contributed by atoms with Gasteiger partial charge in [-0.2, -0.15) is 0 Å². The monoisotopic (exact) mass is 426 g/mol. The van der Waals surface area contributed by atoms with E-state index in [1.807, 2.05) is 0 Å². The van der Waals surface area contributed by atoms with Crippen LogP contribution in [0.25, 0.3) is 0 Å². The molecule has 30 heavy (non-hydrogen) atoms. The molecule has 11 unspecified atom stereocenters. The third-order valence-electron chi connectivity index (χ3n) is 8.96. The number of hydrogen-bond acceptors (Lipinski definition) is 10. The average molecular weight is 426 g/mol. The largest absolute Gasteiger partial charge is 0.460 e. The van der Waals surface area contributed by atoms with Crippen LogP contribution in [0.2, 0.25) is 0 Å². The summed E-state index contributed by atoms with van der Waals surface area (Å²) in [7, 11) is 0. The molecule has 4 fully saturated rings. The molecule has 11 atom stereocenters. The van der Waals surface area contributed by atoms with Gasteiger partial charge in [0.05, 0.1) is 24.7 Å². The highest BCUT2D eigenvalue weighted by atomic mass is 16.6. The lowest BCUT2D eigenvalue weighted by Crippen LogP contribution is -2.87. The molecule has 0 radical (unpaired) electrons. The van der Waals surface area contributed by atoms with E-state index in [1.54, 1.807) is 13.8 Å². The summed E-state index contributed by atoms with van der Waals surface area (Å²) >= 11 is 0. The number of hydrogen-bond donors (Lipinski definition) is 6. The zero-order valence-electron chi connectivity index (χ0n) is 16.6. The molecule has 1 spiro atoms. The van der Waals surface area contributed by atoms with Crippen molar-refractivity contribution in [3.8, 4) is 0 Å². The second-order valence-electron chi connectivity index (χ2n) is 9.73. The van der Waals surface area contributed by atoms with Crippen LogP contribution >= 0.6 is 0 Å². The van der Waals surface area contributed by atoms with E-state index in [4.69, 9.17) is 9.47 Å². The van der Waals surface area contributed by atoms with E-state index in [0.717, 1.165) is 0 Å². The molecule has 5 aliphatic rings. The van der Waals surface area contributed by atoms with Crippen molar-refractivity contribution in [1.29, 1.82) is 0 Å². The Morgan fingerprint density at radius 1 is 1.17 bits per heavy atom. The van der Waals surface area contributed by atoms with Gasteiger partial charge in [-0.05, 0) is 25.3 Å². The van der Waals surface area contributed by atoms with Crippen molar-refractivity contribution in [3.63, 3.8) is 0 Å². The molecule has 2 saturated heterocycles. The smallest absolute Gasteiger partial charge is 0.338 e. The van der Waals surface area contributed by atoms with Gasteiger partial charge in [-0.1, -0.05) is 12.5 Å². The van der Waals surface area contributed by atoms with Crippen molar-refractivity contribution in [1.82, 2.24) is 0 Å². The highest BCUT2D eigenvalue weighted by Gasteiger charge is 2.89. The van der Waals surface area contributed by atoms with Gasteiger partial charge in [0.15, 0.2) is 17.5 Å². The van der Waals surface area contributed by atoms with Crippen molar-refractivity contribution in [2.45, 2.75) is 62.0 Å². The van der Waals surface area contributed by atoms with Crippen LogP contribution in [0.5, 0.6) is 0 Å². The SMILES string of the molecule is CC1=CC(=O)C(O)C2(C)C1CC1OC(=O)C(O)C3(O)C4(CO)OCC13C2C(O)C4O. The molecule has 0 aromatic carbocycles. The lowest BCUT2D eigenvalue weighted by molar-refractivity contribution is -0.357. The molecule has 6 N–H and O–H groups in total. The number of aliphatic hydroxyl groups is 6. The van der Waals surface area contributed by atoms with Gasteiger partial charge in [-0.15, -0.1) is 0 Å². The second kappa shape index (κ2) is 5.69. The molecule has 5 rings (SSSR count). The molecule has 3 aliphatic carbocycles. The Bertz CT molecular complexity index is 872. The van der Waals surface area contributed by atoms with Crippen molar-refractivity contribution >= 4 is 11.8 Å². The molecule has 10 heteroatoms. The maximum Gasteiger partial charge on any atom is 0.338 e. The minimum Gasteiger partial charge on any atom is -0.460 e. The van der Waals surface area contributed by atoms with E-state index in [9.17, 15) is 40.2 Å². The van der Waals surface area contributed by atoms with Crippen molar-refractivity contribution in [2.24, 2.45) is 22.7 Å². The minimum absolute atomic E-state index is 0.105. The Hall–Kier alpha value is -1.40. The first-order valence-electron chi connectivity index (χ1n) is 10.1. The standard InChI is InChI=1S/C20H26O10/c1-7-3-9(22)13(24)17(2)8(7)4-10-18-6-29-19(5-21,14(25)11(23)12(17)18)20(18,28)15(26)16(27)30-10/h3,8,10-15,21,23-26,28H,4-6H2,1-2H3. The van der Waals surface area contributed by atoms with Gasteiger partial charge in [0, 0.05) is 11.3 Å². The summed E-state index contributed by atoms with van der Waals surface area (Å²) in [4.78, 5) is 25.1. The van der Waals surface area contributed by atoms with Crippen LogP contribution in [0, 0.1) is 22.7 Å². The minimum atomic E-state index is -2.51. The van der Waals surface area contributed by atoms with Crippen molar-refractivity contribution < 1.29 is 49.7 Å². The van der Waals surface area contributed by atoms with Crippen LogP contribution < -0.4 is 0 Å². The summed E-state index contributed by atoms with van der Waals surface area (Å²) < 4.78 is 11.2. The Kier molecular flexibility index (Phi) is 3.89. The van der Waals surface area contributed by atoms with E-state index in [1.165, 1.54) is 6.08 Å². The number of esters is 1. The van der Waals surface area contributed by atoms with Gasteiger partial charge < -0.3 is 40.1 Å². The number of carbonyl (C=O) groups excluding carboxylic acids is 2. The highest BCUT2D eigenvalue weighted by Crippen LogP contribution is 2.73. The van der Waals surface area contributed by atoms with Gasteiger partial charge in [0.2, 0.25) is 0 Å². The molecule has 0 aromatic rings. The highest BCUT2D eigenvalue weighted by molar-refractivity contribution is 5.96. The Morgan fingerprint density at radius 2 is 1.83 bits per heavy atom. The first-order valence-corrected chi connectivity index (χ1v) is 10.1. The molecule has 2 bridgehead atoms. The van der Waals surface area contributed by atoms with Crippen LogP contribution in [0.1, 0.15) is 20.3 Å². The fourth-order valence-corrected chi connectivity index (χ4v) is 7.64. The Balaban J connectivity index is 1.83. The molecule has 2 heterocycles.